The van der Waals surface area contributed by atoms with Gasteiger partial charge in [0.2, 0.25) is 5.91 Å². The molecule has 0 radical (unpaired) electrons. The summed E-state index contributed by atoms with van der Waals surface area (Å²) < 4.78 is 5.69. The van der Waals surface area contributed by atoms with Crippen LogP contribution in [0.3, 0.4) is 0 Å². The summed E-state index contributed by atoms with van der Waals surface area (Å²) in [5.74, 6) is 0.162. The Balaban J connectivity index is 2.12. The highest BCUT2D eigenvalue weighted by Crippen LogP contribution is 2.21. The van der Waals surface area contributed by atoms with Gasteiger partial charge in [0.15, 0.2) is 6.61 Å². The number of rotatable bonds is 10. The number of unbranched alkanes of at least 4 members (excludes halogenated alkanes) is 1. The molecular weight excluding hydrogens is 400 g/mol. The number of ether oxygens (including phenoxy) is 1. The highest BCUT2D eigenvalue weighted by molar-refractivity contribution is 6.31. The molecular formula is C24H31ClN2O3. The molecule has 0 heterocycles. The van der Waals surface area contributed by atoms with E-state index < -0.39 is 6.04 Å². The van der Waals surface area contributed by atoms with Crippen molar-refractivity contribution in [2.75, 3.05) is 13.2 Å². The largest absolute Gasteiger partial charge is 0.484 e. The first kappa shape index (κ1) is 23.7. The van der Waals surface area contributed by atoms with Gasteiger partial charge in [0.1, 0.15) is 11.8 Å². The smallest absolute Gasteiger partial charge is 0.261 e. The summed E-state index contributed by atoms with van der Waals surface area (Å²) in [6.07, 6.45) is 1.90. The lowest BCUT2D eigenvalue weighted by atomic mass is 10.1. The number of aryl methyl sites for hydroxylation is 2. The van der Waals surface area contributed by atoms with Crippen molar-refractivity contribution in [1.82, 2.24) is 10.2 Å². The van der Waals surface area contributed by atoms with Gasteiger partial charge >= 0.3 is 0 Å². The van der Waals surface area contributed by atoms with E-state index in [1.807, 2.05) is 38.1 Å². The quantitative estimate of drug-likeness (QED) is 0.557. The van der Waals surface area contributed by atoms with Crippen molar-refractivity contribution in [3.8, 4) is 5.75 Å². The average Bonchev–Trinajstić information content (AvgIpc) is 2.72. The van der Waals surface area contributed by atoms with Crippen LogP contribution >= 0.6 is 11.6 Å². The minimum atomic E-state index is -0.606. The van der Waals surface area contributed by atoms with Crippen LogP contribution in [0, 0.1) is 13.8 Å². The van der Waals surface area contributed by atoms with Gasteiger partial charge < -0.3 is 15.0 Å². The molecule has 0 spiro atoms. The summed E-state index contributed by atoms with van der Waals surface area (Å²) >= 11 is 6.05. The first-order chi connectivity index (χ1) is 14.3. The Morgan fingerprint density at radius 3 is 2.60 bits per heavy atom. The second-order valence-electron chi connectivity index (χ2n) is 7.53. The lowest BCUT2D eigenvalue weighted by molar-refractivity contribution is -0.142. The Morgan fingerprint density at radius 1 is 1.17 bits per heavy atom. The molecule has 0 fully saturated rings. The maximum atomic E-state index is 13.0. The van der Waals surface area contributed by atoms with Crippen LogP contribution < -0.4 is 10.1 Å². The number of carbonyl (C=O) groups is 2. The Kier molecular flexibility index (Phi) is 9.18. The second-order valence-corrected chi connectivity index (χ2v) is 7.94. The Hall–Kier alpha value is -2.53. The van der Waals surface area contributed by atoms with Gasteiger partial charge in [0.25, 0.3) is 5.91 Å². The molecule has 1 N–H and O–H groups in total. The molecule has 2 aromatic rings. The number of hydrogen-bond acceptors (Lipinski definition) is 3. The van der Waals surface area contributed by atoms with Crippen molar-refractivity contribution < 1.29 is 14.3 Å². The van der Waals surface area contributed by atoms with Crippen LogP contribution in [0.2, 0.25) is 5.02 Å². The van der Waals surface area contributed by atoms with Crippen LogP contribution in [0.15, 0.2) is 42.5 Å². The zero-order valence-electron chi connectivity index (χ0n) is 18.2. The zero-order valence-corrected chi connectivity index (χ0v) is 19.0. The van der Waals surface area contributed by atoms with Gasteiger partial charge in [-0.05, 0) is 56.5 Å². The van der Waals surface area contributed by atoms with E-state index in [2.05, 4.69) is 12.2 Å². The first-order valence-electron chi connectivity index (χ1n) is 10.3. The number of carbonyl (C=O) groups excluding carboxylic acids is 2. The molecule has 0 aliphatic carbocycles. The van der Waals surface area contributed by atoms with E-state index in [1.54, 1.807) is 30.0 Å². The SMILES string of the molecule is CCCCNC(=O)[C@@H](C)N(Cc1cccc(C)c1)C(=O)COc1ccc(Cl)c(C)c1. The van der Waals surface area contributed by atoms with Crippen molar-refractivity contribution in [2.45, 2.75) is 53.1 Å². The monoisotopic (exact) mass is 430 g/mol. The second kappa shape index (κ2) is 11.6. The van der Waals surface area contributed by atoms with Gasteiger partial charge in [-0.25, -0.2) is 0 Å². The summed E-state index contributed by atoms with van der Waals surface area (Å²) in [6.45, 7) is 8.49. The molecule has 0 aromatic heterocycles. The lowest BCUT2D eigenvalue weighted by Gasteiger charge is -2.29. The van der Waals surface area contributed by atoms with Crippen molar-refractivity contribution in [2.24, 2.45) is 0 Å². The van der Waals surface area contributed by atoms with Gasteiger partial charge in [-0.15, -0.1) is 0 Å². The van der Waals surface area contributed by atoms with E-state index in [0.29, 0.717) is 23.9 Å². The van der Waals surface area contributed by atoms with Crippen LogP contribution in [-0.2, 0) is 16.1 Å². The molecule has 2 aromatic carbocycles. The number of amides is 2. The fourth-order valence-corrected chi connectivity index (χ4v) is 3.18. The van der Waals surface area contributed by atoms with Gasteiger partial charge in [-0.1, -0.05) is 54.8 Å². The Bertz CT molecular complexity index is 869. The topological polar surface area (TPSA) is 58.6 Å². The van der Waals surface area contributed by atoms with Crippen LogP contribution in [0.5, 0.6) is 5.75 Å². The highest BCUT2D eigenvalue weighted by atomic mass is 35.5. The molecule has 162 valence electrons. The van der Waals surface area contributed by atoms with Gasteiger partial charge in [0, 0.05) is 18.1 Å². The number of nitrogens with zero attached hydrogens (tertiary/aromatic N) is 1. The normalized spacial score (nSPS) is 11.6. The minimum absolute atomic E-state index is 0.153. The lowest BCUT2D eigenvalue weighted by Crippen LogP contribution is -2.49. The van der Waals surface area contributed by atoms with Crippen molar-refractivity contribution in [3.63, 3.8) is 0 Å². The Morgan fingerprint density at radius 2 is 1.93 bits per heavy atom. The summed E-state index contributed by atoms with van der Waals surface area (Å²) in [6, 6.07) is 12.6. The van der Waals surface area contributed by atoms with E-state index in [4.69, 9.17) is 16.3 Å². The fraction of sp³-hybridized carbons (Fsp3) is 0.417. The molecule has 2 amide bonds. The van der Waals surface area contributed by atoms with Gasteiger partial charge in [-0.2, -0.15) is 0 Å². The third-order valence-electron chi connectivity index (χ3n) is 4.92. The van der Waals surface area contributed by atoms with Crippen LogP contribution in [0.25, 0.3) is 0 Å². The number of benzene rings is 2. The number of hydrogen-bond donors (Lipinski definition) is 1. The standard InChI is InChI=1S/C24H31ClN2O3/c1-5-6-12-26-24(29)19(4)27(15-20-9-7-8-17(2)13-20)23(28)16-30-21-10-11-22(25)18(3)14-21/h7-11,13-14,19H,5-6,12,15-16H2,1-4H3,(H,26,29)/t19-/m1/s1. The molecule has 6 heteroatoms. The molecule has 0 saturated heterocycles. The maximum Gasteiger partial charge on any atom is 0.261 e. The summed E-state index contributed by atoms with van der Waals surface area (Å²) in [5.41, 5.74) is 2.95. The maximum absolute atomic E-state index is 13.0. The van der Waals surface area contributed by atoms with Gasteiger partial charge in [0.05, 0.1) is 0 Å². The molecule has 0 aliphatic heterocycles. The Labute approximate surface area is 184 Å². The highest BCUT2D eigenvalue weighted by Gasteiger charge is 2.26. The van der Waals surface area contributed by atoms with E-state index in [1.165, 1.54) is 0 Å². The molecule has 5 nitrogen and oxygen atoms in total. The third kappa shape index (κ3) is 7.06. The first-order valence-corrected chi connectivity index (χ1v) is 10.7. The van der Waals surface area contributed by atoms with Crippen molar-refractivity contribution >= 4 is 23.4 Å². The summed E-state index contributed by atoms with van der Waals surface area (Å²) in [7, 11) is 0. The predicted molar refractivity (Wildman–Crippen MR) is 121 cm³/mol. The number of halogens is 1. The molecule has 0 bridgehead atoms. The predicted octanol–water partition coefficient (Wildman–Crippen LogP) is 4.67. The van der Waals surface area contributed by atoms with Crippen molar-refractivity contribution in [3.05, 3.63) is 64.2 Å². The van der Waals surface area contributed by atoms with Crippen LogP contribution in [0.4, 0.5) is 0 Å². The van der Waals surface area contributed by atoms with E-state index >= 15 is 0 Å². The van der Waals surface area contributed by atoms with Crippen LogP contribution in [0.1, 0.15) is 43.4 Å². The van der Waals surface area contributed by atoms with Crippen molar-refractivity contribution in [1.29, 1.82) is 0 Å². The summed E-state index contributed by atoms with van der Waals surface area (Å²) in [4.78, 5) is 27.2. The summed E-state index contributed by atoms with van der Waals surface area (Å²) in [5, 5.41) is 3.56. The van der Waals surface area contributed by atoms with Gasteiger partial charge in [-0.3, -0.25) is 9.59 Å². The molecule has 1 atom stereocenters. The molecule has 2 rings (SSSR count). The van der Waals surface area contributed by atoms with Crippen LogP contribution in [-0.4, -0.2) is 35.9 Å². The van der Waals surface area contributed by atoms with E-state index in [0.717, 1.165) is 29.5 Å². The van der Waals surface area contributed by atoms with E-state index in [-0.39, 0.29) is 18.4 Å². The average molecular weight is 431 g/mol. The number of nitrogens with one attached hydrogen (secondary N) is 1. The minimum Gasteiger partial charge on any atom is -0.484 e. The third-order valence-corrected chi connectivity index (χ3v) is 5.35. The fourth-order valence-electron chi connectivity index (χ4n) is 3.06. The molecule has 30 heavy (non-hydrogen) atoms. The molecule has 0 saturated carbocycles. The zero-order chi connectivity index (χ0) is 22.1. The molecule has 0 unspecified atom stereocenters. The molecule has 0 aliphatic rings. The van der Waals surface area contributed by atoms with E-state index in [9.17, 15) is 9.59 Å².